The highest BCUT2D eigenvalue weighted by Gasteiger charge is 2.35. The monoisotopic (exact) mass is 422 g/mol. The van der Waals surface area contributed by atoms with E-state index in [9.17, 15) is 0 Å². The first kappa shape index (κ1) is 18.3. The second-order valence-corrected chi connectivity index (χ2v) is 7.38. The molecule has 0 bridgehead atoms. The number of hydrogen-bond acceptors (Lipinski definition) is 8. The summed E-state index contributed by atoms with van der Waals surface area (Å²) in [6, 6.07) is 8.23. The Morgan fingerprint density at radius 1 is 1.00 bits per heavy atom. The van der Waals surface area contributed by atoms with Crippen LogP contribution in [0, 0.1) is 0 Å². The van der Waals surface area contributed by atoms with E-state index in [1.165, 1.54) is 6.33 Å². The lowest BCUT2D eigenvalue weighted by atomic mass is 10.0. The van der Waals surface area contributed by atoms with Crippen molar-refractivity contribution in [2.24, 2.45) is 0 Å². The van der Waals surface area contributed by atoms with E-state index in [-0.39, 0.29) is 6.04 Å². The molecule has 1 aromatic carbocycles. The van der Waals surface area contributed by atoms with E-state index in [2.05, 4.69) is 54.1 Å². The molecule has 0 spiro atoms. The number of hydrogen-bond donors (Lipinski definition) is 0. The fourth-order valence-corrected chi connectivity index (χ4v) is 4.08. The van der Waals surface area contributed by atoms with Gasteiger partial charge in [0.25, 0.3) is 0 Å². The van der Waals surface area contributed by atoms with Gasteiger partial charge in [0.05, 0.1) is 12.2 Å². The molecule has 1 atom stereocenters. The second-order valence-electron chi connectivity index (χ2n) is 7.38. The molecular formula is C22H18N10. The molecular weight excluding hydrogens is 404 g/mol. The first-order valence-electron chi connectivity index (χ1n) is 10.2. The van der Waals surface area contributed by atoms with Crippen molar-refractivity contribution in [2.45, 2.75) is 19.4 Å². The largest absolute Gasteiger partial charge is 0.314 e. The zero-order chi connectivity index (χ0) is 21.5. The number of fused-ring (bicyclic) bond motifs is 3. The molecule has 5 aromatic rings. The van der Waals surface area contributed by atoms with Crippen LogP contribution in [-0.2, 0) is 0 Å². The third-order valence-corrected chi connectivity index (χ3v) is 5.55. The lowest BCUT2D eigenvalue weighted by Gasteiger charge is -2.37. The van der Waals surface area contributed by atoms with Crippen LogP contribution in [0.4, 0.5) is 11.5 Å². The van der Waals surface area contributed by atoms with Crippen molar-refractivity contribution in [3.63, 3.8) is 0 Å². The highest BCUT2D eigenvalue weighted by molar-refractivity contribution is 5.75. The van der Waals surface area contributed by atoms with Gasteiger partial charge in [-0.3, -0.25) is 9.13 Å². The molecule has 0 fully saturated rings. The summed E-state index contributed by atoms with van der Waals surface area (Å²) < 4.78 is 3.76. The smallest absolute Gasteiger partial charge is 0.237 e. The maximum Gasteiger partial charge on any atom is 0.237 e. The summed E-state index contributed by atoms with van der Waals surface area (Å²) in [5, 5.41) is 8.58. The molecule has 10 nitrogen and oxygen atoms in total. The normalized spacial score (nSPS) is 14.8. The Labute approximate surface area is 183 Å². The van der Waals surface area contributed by atoms with E-state index >= 15 is 0 Å². The number of benzene rings is 1. The number of anilines is 2. The molecule has 0 saturated carbocycles. The van der Waals surface area contributed by atoms with Gasteiger partial charge in [0.2, 0.25) is 5.95 Å². The number of imidazole rings is 1. The third-order valence-electron chi connectivity index (χ3n) is 5.55. The van der Waals surface area contributed by atoms with E-state index in [0.717, 1.165) is 40.6 Å². The van der Waals surface area contributed by atoms with Crippen molar-refractivity contribution in [2.75, 3.05) is 4.90 Å². The standard InChI is InChI=1S/C22H18N10/c1-2-18-21-29-27-14-31(21)19-11-26-22(30-7-6-23-13-30)28-20(19)32(18)17-5-3-4-15(8-17)16-9-24-12-25-10-16/h3-14,18H,2H2,1H3. The molecule has 32 heavy (non-hydrogen) atoms. The van der Waals surface area contributed by atoms with Crippen LogP contribution in [0.25, 0.3) is 22.8 Å². The Balaban J connectivity index is 1.55. The molecule has 4 aromatic heterocycles. The highest BCUT2D eigenvalue weighted by atomic mass is 15.4. The van der Waals surface area contributed by atoms with Crippen LogP contribution in [0.15, 0.2) is 74.2 Å². The summed E-state index contributed by atoms with van der Waals surface area (Å²) in [6.07, 6.45) is 14.7. The Bertz CT molecular complexity index is 1380. The SMILES string of the molecule is CCC1c2nncn2-c2cnc(-n3ccnc3)nc2N1c1cccc(-c2cncnc2)c1. The molecule has 1 unspecified atom stereocenters. The summed E-state index contributed by atoms with van der Waals surface area (Å²) in [4.78, 5) is 24.1. The van der Waals surface area contributed by atoms with Gasteiger partial charge in [-0.05, 0) is 24.1 Å². The molecule has 1 aliphatic rings. The van der Waals surface area contributed by atoms with Gasteiger partial charge in [-0.1, -0.05) is 19.1 Å². The summed E-state index contributed by atoms with van der Waals surface area (Å²) in [6.45, 7) is 2.13. The Morgan fingerprint density at radius 3 is 2.72 bits per heavy atom. The summed E-state index contributed by atoms with van der Waals surface area (Å²) in [5.41, 5.74) is 3.79. The summed E-state index contributed by atoms with van der Waals surface area (Å²) >= 11 is 0. The fraction of sp³-hybridized carbons (Fsp3) is 0.136. The highest BCUT2D eigenvalue weighted by Crippen LogP contribution is 2.43. The molecule has 6 rings (SSSR count). The van der Waals surface area contributed by atoms with E-state index in [4.69, 9.17) is 4.98 Å². The van der Waals surface area contributed by atoms with Crippen molar-refractivity contribution < 1.29 is 0 Å². The van der Waals surface area contributed by atoms with Gasteiger partial charge in [0.15, 0.2) is 11.6 Å². The molecule has 1 aliphatic heterocycles. The molecule has 0 saturated heterocycles. The summed E-state index contributed by atoms with van der Waals surface area (Å²) in [5.74, 6) is 2.18. The van der Waals surface area contributed by atoms with Crippen molar-refractivity contribution in [3.05, 3.63) is 80.1 Å². The predicted octanol–water partition coefficient (Wildman–Crippen LogP) is 3.30. The van der Waals surface area contributed by atoms with Gasteiger partial charge in [-0.2, -0.15) is 4.98 Å². The van der Waals surface area contributed by atoms with Gasteiger partial charge in [0, 0.05) is 36.0 Å². The van der Waals surface area contributed by atoms with Gasteiger partial charge in [-0.15, -0.1) is 10.2 Å². The van der Waals surface area contributed by atoms with Gasteiger partial charge < -0.3 is 4.90 Å². The average molecular weight is 422 g/mol. The van der Waals surface area contributed by atoms with Gasteiger partial charge in [0.1, 0.15) is 24.7 Å². The van der Waals surface area contributed by atoms with Crippen LogP contribution in [0.1, 0.15) is 25.2 Å². The Kier molecular flexibility index (Phi) is 4.20. The zero-order valence-electron chi connectivity index (χ0n) is 17.2. The Hall–Kier alpha value is -4.47. The fourth-order valence-electron chi connectivity index (χ4n) is 4.08. The van der Waals surface area contributed by atoms with E-state index in [0.29, 0.717) is 5.95 Å². The minimum absolute atomic E-state index is 0.0437. The van der Waals surface area contributed by atoms with Crippen molar-refractivity contribution in [1.82, 2.24) is 44.3 Å². The minimum Gasteiger partial charge on any atom is -0.314 e. The first-order valence-corrected chi connectivity index (χ1v) is 10.2. The quantitative estimate of drug-likeness (QED) is 0.435. The summed E-state index contributed by atoms with van der Waals surface area (Å²) in [7, 11) is 0. The molecule has 0 N–H and O–H groups in total. The van der Waals surface area contributed by atoms with E-state index < -0.39 is 0 Å². The van der Waals surface area contributed by atoms with Crippen LogP contribution in [0.3, 0.4) is 0 Å². The predicted molar refractivity (Wildman–Crippen MR) is 117 cm³/mol. The lowest BCUT2D eigenvalue weighted by molar-refractivity contribution is 0.588. The van der Waals surface area contributed by atoms with Crippen molar-refractivity contribution >= 4 is 11.5 Å². The van der Waals surface area contributed by atoms with Crippen LogP contribution in [-0.4, -0.2) is 44.3 Å². The van der Waals surface area contributed by atoms with Crippen LogP contribution in [0.5, 0.6) is 0 Å². The minimum atomic E-state index is -0.0437. The van der Waals surface area contributed by atoms with Crippen molar-refractivity contribution in [1.29, 1.82) is 0 Å². The number of aromatic nitrogens is 9. The first-order chi connectivity index (χ1) is 15.8. The second kappa shape index (κ2) is 7.34. The molecule has 0 radical (unpaired) electrons. The zero-order valence-corrected chi connectivity index (χ0v) is 17.2. The molecule has 5 heterocycles. The molecule has 0 amide bonds. The number of rotatable bonds is 4. The van der Waals surface area contributed by atoms with E-state index in [1.54, 1.807) is 29.6 Å². The topological polar surface area (TPSA) is 103 Å². The van der Waals surface area contributed by atoms with Crippen LogP contribution in [0.2, 0.25) is 0 Å². The lowest BCUT2D eigenvalue weighted by Crippen LogP contribution is -2.32. The maximum absolute atomic E-state index is 4.93. The third kappa shape index (κ3) is 2.84. The van der Waals surface area contributed by atoms with Crippen molar-refractivity contribution in [3.8, 4) is 22.8 Å². The van der Waals surface area contributed by atoms with Crippen LogP contribution >= 0.6 is 0 Å². The van der Waals surface area contributed by atoms with E-state index in [1.807, 2.05) is 35.3 Å². The number of nitrogens with zero attached hydrogens (tertiary/aromatic N) is 10. The van der Waals surface area contributed by atoms with Gasteiger partial charge >= 0.3 is 0 Å². The molecule has 156 valence electrons. The molecule has 0 aliphatic carbocycles. The molecule has 10 heteroatoms. The maximum atomic E-state index is 4.93. The van der Waals surface area contributed by atoms with Gasteiger partial charge in [-0.25, -0.2) is 19.9 Å². The average Bonchev–Trinajstić information content (AvgIpc) is 3.56. The van der Waals surface area contributed by atoms with Crippen LogP contribution < -0.4 is 4.90 Å². The Morgan fingerprint density at radius 2 is 1.91 bits per heavy atom.